The van der Waals surface area contributed by atoms with Gasteiger partial charge in [-0.3, -0.25) is 4.98 Å². The van der Waals surface area contributed by atoms with Gasteiger partial charge in [-0.25, -0.2) is 18.7 Å². The van der Waals surface area contributed by atoms with E-state index in [0.717, 1.165) is 36.4 Å². The Balaban J connectivity index is 2.16. The van der Waals surface area contributed by atoms with E-state index >= 15 is 8.78 Å². The molecule has 1 unspecified atom stereocenters. The highest BCUT2D eigenvalue weighted by Gasteiger charge is 2.60. The zero-order chi connectivity index (χ0) is 19.7. The van der Waals surface area contributed by atoms with Gasteiger partial charge in [0.1, 0.15) is 29.8 Å². The van der Waals surface area contributed by atoms with Crippen LogP contribution in [0.3, 0.4) is 0 Å². The van der Waals surface area contributed by atoms with Gasteiger partial charge in [-0.1, -0.05) is 5.22 Å². The molecule has 1 N–H and O–H groups in total. The number of hydrogen-bond donors (Lipinski definition) is 1. The third-order valence-electron chi connectivity index (χ3n) is 4.18. The van der Waals surface area contributed by atoms with Crippen LogP contribution in [-0.2, 0) is 16.3 Å². The molecule has 3 rings (SSSR count). The first-order chi connectivity index (χ1) is 12.8. The summed E-state index contributed by atoms with van der Waals surface area (Å²) < 4.78 is 77.2. The van der Waals surface area contributed by atoms with E-state index in [1.54, 1.807) is 0 Å². The molecule has 1 aliphatic rings. The van der Waals surface area contributed by atoms with E-state index < -0.39 is 46.8 Å². The maximum absolute atomic E-state index is 15.5. The van der Waals surface area contributed by atoms with Gasteiger partial charge in [0.2, 0.25) is 0 Å². The lowest BCUT2D eigenvalue weighted by Gasteiger charge is -2.41. The number of benzene rings is 1. The van der Waals surface area contributed by atoms with Crippen molar-refractivity contribution < 1.29 is 26.7 Å². The summed E-state index contributed by atoms with van der Waals surface area (Å²) in [7, 11) is 0.963. The number of nitrogens with one attached hydrogen (secondary N) is 1. The minimum Gasteiger partial charge on any atom is -0.365 e. The Bertz CT molecular complexity index is 840. The number of pyridine rings is 1. The molecule has 0 fully saturated rings. The molecule has 0 saturated carbocycles. The molecular weight excluding hydrogens is 373 g/mol. The van der Waals surface area contributed by atoms with Crippen molar-refractivity contribution in [2.75, 3.05) is 20.3 Å². The van der Waals surface area contributed by atoms with Gasteiger partial charge in [0.05, 0.1) is 12.7 Å². The smallest absolute Gasteiger partial charge is 0.323 e. The molecule has 2 heterocycles. The second-order valence-electron chi connectivity index (χ2n) is 5.77. The molecule has 0 bridgehead atoms. The largest absolute Gasteiger partial charge is 0.365 e. The first-order valence-corrected chi connectivity index (χ1v) is 7.68. The predicted octanol–water partition coefficient (Wildman–Crippen LogP) is 3.28. The SMILES string of the molecule is COC(CN1CN=NN1)(c1ccc(F)cc1F)C(F)(F)c1ccc(F)cn1. The number of rotatable bonds is 6. The second kappa shape index (κ2) is 7.16. The normalized spacial score (nSPS) is 17.0. The summed E-state index contributed by atoms with van der Waals surface area (Å²) in [4.78, 5) is 3.42. The number of halogens is 5. The van der Waals surface area contributed by atoms with Gasteiger partial charge >= 0.3 is 5.92 Å². The lowest BCUT2D eigenvalue weighted by atomic mass is 9.84. The van der Waals surface area contributed by atoms with Gasteiger partial charge in [0.15, 0.2) is 5.60 Å². The molecule has 27 heavy (non-hydrogen) atoms. The van der Waals surface area contributed by atoms with Crippen molar-refractivity contribution in [3.8, 4) is 0 Å². The summed E-state index contributed by atoms with van der Waals surface area (Å²) in [6, 6.07) is 3.76. The highest BCUT2D eigenvalue weighted by atomic mass is 19.3. The minimum absolute atomic E-state index is 0.0964. The number of alkyl halides is 2. The Hall–Kier alpha value is -2.66. The van der Waals surface area contributed by atoms with Gasteiger partial charge in [0, 0.05) is 18.7 Å². The first kappa shape index (κ1) is 19.1. The van der Waals surface area contributed by atoms with Crippen LogP contribution >= 0.6 is 0 Å². The van der Waals surface area contributed by atoms with Gasteiger partial charge in [0.25, 0.3) is 0 Å². The predicted molar refractivity (Wildman–Crippen MR) is 82.7 cm³/mol. The van der Waals surface area contributed by atoms with E-state index in [-0.39, 0.29) is 6.67 Å². The summed E-state index contributed by atoms with van der Waals surface area (Å²) in [5.41, 5.74) is -1.71. The van der Waals surface area contributed by atoms with Crippen LogP contribution in [-0.4, -0.2) is 30.3 Å². The van der Waals surface area contributed by atoms with Crippen LogP contribution in [0.15, 0.2) is 46.9 Å². The Morgan fingerprint density at radius 1 is 1.15 bits per heavy atom. The van der Waals surface area contributed by atoms with Gasteiger partial charge in [-0.2, -0.15) is 18.9 Å². The minimum atomic E-state index is -3.93. The molecule has 1 aliphatic heterocycles. The van der Waals surface area contributed by atoms with Crippen molar-refractivity contribution in [1.82, 2.24) is 15.5 Å². The number of aromatic nitrogens is 1. The molecule has 1 atom stereocenters. The number of hydrazine groups is 1. The number of ether oxygens (including phenoxy) is 1. The number of nitrogens with zero attached hydrogens (tertiary/aromatic N) is 4. The molecule has 0 amide bonds. The monoisotopic (exact) mass is 387 g/mol. The Labute approximate surface area is 150 Å². The quantitative estimate of drug-likeness (QED) is 0.773. The second-order valence-corrected chi connectivity index (χ2v) is 5.77. The fourth-order valence-corrected chi connectivity index (χ4v) is 2.83. The molecule has 11 heteroatoms. The molecule has 6 nitrogen and oxygen atoms in total. The van der Waals surface area contributed by atoms with Crippen LogP contribution < -0.4 is 5.53 Å². The van der Waals surface area contributed by atoms with Crippen LogP contribution in [0.5, 0.6) is 0 Å². The van der Waals surface area contributed by atoms with E-state index in [1.807, 2.05) is 0 Å². The molecule has 1 aromatic carbocycles. The molecule has 2 aromatic rings. The highest BCUT2D eigenvalue weighted by molar-refractivity contribution is 5.32. The van der Waals surface area contributed by atoms with Gasteiger partial charge < -0.3 is 4.74 Å². The Kier molecular flexibility index (Phi) is 5.07. The van der Waals surface area contributed by atoms with Crippen molar-refractivity contribution in [2.45, 2.75) is 11.5 Å². The number of methoxy groups -OCH3 is 1. The van der Waals surface area contributed by atoms with E-state index in [1.165, 1.54) is 0 Å². The van der Waals surface area contributed by atoms with Crippen molar-refractivity contribution in [1.29, 1.82) is 0 Å². The molecule has 0 radical (unpaired) electrons. The first-order valence-electron chi connectivity index (χ1n) is 7.68. The van der Waals surface area contributed by atoms with Crippen LogP contribution in [0.2, 0.25) is 0 Å². The van der Waals surface area contributed by atoms with Crippen molar-refractivity contribution >= 4 is 0 Å². The Morgan fingerprint density at radius 2 is 1.89 bits per heavy atom. The summed E-state index contributed by atoms with van der Waals surface area (Å²) in [6.45, 7) is -0.716. The molecule has 0 aliphatic carbocycles. The third-order valence-corrected chi connectivity index (χ3v) is 4.18. The summed E-state index contributed by atoms with van der Waals surface area (Å²) in [5.74, 6) is -6.91. The van der Waals surface area contributed by atoms with Crippen LogP contribution in [0.25, 0.3) is 0 Å². The fraction of sp³-hybridized carbons (Fsp3) is 0.312. The fourth-order valence-electron chi connectivity index (χ4n) is 2.83. The standard InChI is InChI=1S/C16H14F5N5O/c1-27-15(8-26-9-23-24-25-26,12-4-2-10(17)6-13(12)19)16(20,21)14-5-3-11(18)7-22-14/h2-7H,8-9H2,1H3,(H,23,25). The zero-order valence-corrected chi connectivity index (χ0v) is 14.0. The van der Waals surface area contributed by atoms with E-state index in [9.17, 15) is 13.2 Å². The van der Waals surface area contributed by atoms with Crippen molar-refractivity contribution in [2.24, 2.45) is 10.3 Å². The van der Waals surface area contributed by atoms with E-state index in [4.69, 9.17) is 4.74 Å². The molecule has 144 valence electrons. The maximum Gasteiger partial charge on any atom is 0.323 e. The highest BCUT2D eigenvalue weighted by Crippen LogP contribution is 2.48. The third kappa shape index (κ3) is 3.35. The Morgan fingerprint density at radius 3 is 2.44 bits per heavy atom. The molecule has 1 aromatic heterocycles. The van der Waals surface area contributed by atoms with Gasteiger partial charge in [-0.15, -0.1) is 0 Å². The van der Waals surface area contributed by atoms with E-state index in [0.29, 0.717) is 12.3 Å². The van der Waals surface area contributed by atoms with Crippen LogP contribution in [0, 0.1) is 17.5 Å². The lowest BCUT2D eigenvalue weighted by molar-refractivity contribution is -0.225. The van der Waals surface area contributed by atoms with Crippen LogP contribution in [0.1, 0.15) is 11.3 Å². The van der Waals surface area contributed by atoms with Crippen LogP contribution in [0.4, 0.5) is 22.0 Å². The zero-order valence-electron chi connectivity index (χ0n) is 14.0. The van der Waals surface area contributed by atoms with E-state index in [2.05, 4.69) is 20.9 Å². The van der Waals surface area contributed by atoms with Crippen molar-refractivity contribution in [3.05, 3.63) is 65.2 Å². The molecular formula is C16H14F5N5O. The summed E-state index contributed by atoms with van der Waals surface area (Å²) >= 11 is 0. The lowest BCUT2D eigenvalue weighted by Crippen LogP contribution is -2.55. The maximum atomic E-state index is 15.5. The average Bonchev–Trinajstić information content (AvgIpc) is 3.13. The molecule has 0 saturated heterocycles. The van der Waals surface area contributed by atoms with Crippen molar-refractivity contribution in [3.63, 3.8) is 0 Å². The topological polar surface area (TPSA) is 62.1 Å². The summed E-state index contributed by atoms with van der Waals surface area (Å²) in [5, 5.41) is 8.22. The average molecular weight is 387 g/mol. The molecule has 0 spiro atoms. The van der Waals surface area contributed by atoms with Gasteiger partial charge in [-0.05, 0) is 24.3 Å². The number of hydrogen-bond acceptors (Lipinski definition) is 6. The summed E-state index contributed by atoms with van der Waals surface area (Å²) in [6.07, 6.45) is 0.615.